The maximum Gasteiger partial charge on any atom is 0.268 e. The summed E-state index contributed by atoms with van der Waals surface area (Å²) >= 11 is 6.07. The van der Waals surface area contributed by atoms with Gasteiger partial charge in [0.1, 0.15) is 11.5 Å². The summed E-state index contributed by atoms with van der Waals surface area (Å²) in [5, 5.41) is 12.2. The number of carbonyl (C=O) groups excluding carboxylic acids is 1. The van der Waals surface area contributed by atoms with Crippen LogP contribution in [0.1, 0.15) is 28.9 Å². The normalized spacial score (nSPS) is 15.1. The Morgan fingerprint density at radius 3 is 2.61 bits per heavy atom. The van der Waals surface area contributed by atoms with Crippen LogP contribution >= 0.6 is 11.6 Å². The van der Waals surface area contributed by atoms with Crippen molar-refractivity contribution in [1.29, 1.82) is 0 Å². The number of nitrogens with zero attached hydrogens (tertiary/aromatic N) is 3. The molecule has 1 N–H and O–H groups in total. The molecule has 172 valence electrons. The van der Waals surface area contributed by atoms with Gasteiger partial charge in [-0.05, 0) is 74.4 Å². The Morgan fingerprint density at radius 1 is 1.18 bits per heavy atom. The zero-order chi connectivity index (χ0) is 23.5. The summed E-state index contributed by atoms with van der Waals surface area (Å²) < 4.78 is 12.7. The Bertz CT molecular complexity index is 1200. The van der Waals surface area contributed by atoms with E-state index in [2.05, 4.69) is 15.6 Å². The van der Waals surface area contributed by atoms with Crippen LogP contribution in [0.25, 0.3) is 0 Å². The standard InChI is InChI=1S/C24H25ClN4O4/c1-14-11-19(9-10-20(14)25)32-13-29-16(3)23(15(2)27-29)26-24(30)22-12-21(28-33-22)17-5-7-18(31-4)8-6-17/h5-11,22H,12-13H2,1-4H3,(H,26,30). The first kappa shape index (κ1) is 22.7. The van der Waals surface area contributed by atoms with E-state index in [0.29, 0.717) is 34.3 Å². The summed E-state index contributed by atoms with van der Waals surface area (Å²) in [4.78, 5) is 18.2. The van der Waals surface area contributed by atoms with E-state index in [4.69, 9.17) is 25.9 Å². The van der Waals surface area contributed by atoms with Crippen LogP contribution in [-0.4, -0.2) is 34.6 Å². The number of hydrogen-bond acceptors (Lipinski definition) is 6. The number of benzene rings is 2. The topological polar surface area (TPSA) is 87.0 Å². The van der Waals surface area contributed by atoms with Crippen molar-refractivity contribution < 1.29 is 19.1 Å². The molecule has 0 aliphatic carbocycles. The van der Waals surface area contributed by atoms with Crippen LogP contribution in [0, 0.1) is 20.8 Å². The lowest BCUT2D eigenvalue weighted by molar-refractivity contribution is -0.125. The van der Waals surface area contributed by atoms with Crippen molar-refractivity contribution in [3.63, 3.8) is 0 Å². The number of oxime groups is 1. The van der Waals surface area contributed by atoms with Crippen molar-refractivity contribution in [1.82, 2.24) is 9.78 Å². The third-order valence-electron chi connectivity index (χ3n) is 5.50. The second-order valence-corrected chi connectivity index (χ2v) is 8.19. The van der Waals surface area contributed by atoms with Gasteiger partial charge in [-0.25, -0.2) is 4.68 Å². The van der Waals surface area contributed by atoms with Crippen molar-refractivity contribution in [2.45, 2.75) is 40.0 Å². The first-order valence-corrected chi connectivity index (χ1v) is 10.8. The number of nitrogens with one attached hydrogen (secondary N) is 1. The number of aryl methyl sites for hydroxylation is 2. The van der Waals surface area contributed by atoms with Crippen molar-refractivity contribution in [2.24, 2.45) is 5.16 Å². The number of hydrogen-bond donors (Lipinski definition) is 1. The summed E-state index contributed by atoms with van der Waals surface area (Å²) in [6, 6.07) is 12.9. The van der Waals surface area contributed by atoms with Crippen LogP contribution in [0.2, 0.25) is 5.02 Å². The van der Waals surface area contributed by atoms with Crippen LogP contribution in [0.5, 0.6) is 11.5 Å². The number of carbonyl (C=O) groups is 1. The Hall–Kier alpha value is -3.52. The summed E-state index contributed by atoms with van der Waals surface area (Å²) in [6.45, 7) is 5.83. The van der Waals surface area contributed by atoms with E-state index in [1.807, 2.05) is 57.2 Å². The predicted molar refractivity (Wildman–Crippen MR) is 126 cm³/mol. The Kier molecular flexibility index (Phi) is 6.55. The van der Waals surface area contributed by atoms with Gasteiger partial charge < -0.3 is 19.6 Å². The fraction of sp³-hybridized carbons (Fsp3) is 0.292. The molecule has 1 amide bonds. The Labute approximate surface area is 197 Å². The Balaban J connectivity index is 1.38. The maximum absolute atomic E-state index is 12.8. The lowest BCUT2D eigenvalue weighted by Crippen LogP contribution is -2.28. The minimum Gasteiger partial charge on any atom is -0.497 e. The highest BCUT2D eigenvalue weighted by atomic mass is 35.5. The van der Waals surface area contributed by atoms with Gasteiger partial charge in [-0.3, -0.25) is 4.79 Å². The SMILES string of the molecule is COc1ccc(C2=NOC(C(=O)Nc3c(C)nn(COc4ccc(Cl)c(C)c4)c3C)C2)cc1. The molecule has 0 fully saturated rings. The second kappa shape index (κ2) is 9.54. The van der Waals surface area contributed by atoms with E-state index >= 15 is 0 Å². The molecule has 0 bridgehead atoms. The lowest BCUT2D eigenvalue weighted by Gasteiger charge is -2.11. The number of anilines is 1. The van der Waals surface area contributed by atoms with Gasteiger partial charge in [0, 0.05) is 11.4 Å². The molecule has 1 aliphatic heterocycles. The van der Waals surface area contributed by atoms with Gasteiger partial charge in [0.25, 0.3) is 5.91 Å². The number of rotatable bonds is 7. The van der Waals surface area contributed by atoms with E-state index in [0.717, 1.165) is 22.6 Å². The summed E-state index contributed by atoms with van der Waals surface area (Å²) in [5.41, 5.74) is 4.64. The smallest absolute Gasteiger partial charge is 0.268 e. The summed E-state index contributed by atoms with van der Waals surface area (Å²) in [6.07, 6.45) is -0.332. The largest absolute Gasteiger partial charge is 0.497 e. The van der Waals surface area contributed by atoms with E-state index in [-0.39, 0.29) is 12.6 Å². The maximum atomic E-state index is 12.8. The number of halogens is 1. The van der Waals surface area contributed by atoms with Crippen LogP contribution in [-0.2, 0) is 16.4 Å². The quantitative estimate of drug-likeness (QED) is 0.546. The van der Waals surface area contributed by atoms with Gasteiger partial charge >= 0.3 is 0 Å². The van der Waals surface area contributed by atoms with Gasteiger partial charge in [0.2, 0.25) is 6.10 Å². The zero-order valence-corrected chi connectivity index (χ0v) is 19.6. The van der Waals surface area contributed by atoms with Crippen LogP contribution < -0.4 is 14.8 Å². The molecular weight excluding hydrogens is 444 g/mol. The predicted octanol–water partition coefficient (Wildman–Crippen LogP) is 4.64. The highest BCUT2D eigenvalue weighted by Crippen LogP contribution is 2.25. The molecule has 2 heterocycles. The van der Waals surface area contributed by atoms with E-state index < -0.39 is 6.10 Å². The number of methoxy groups -OCH3 is 1. The molecule has 4 rings (SSSR count). The minimum atomic E-state index is -0.711. The molecule has 0 saturated heterocycles. The van der Waals surface area contributed by atoms with E-state index in [1.165, 1.54) is 0 Å². The van der Waals surface area contributed by atoms with Gasteiger partial charge in [-0.1, -0.05) is 16.8 Å². The van der Waals surface area contributed by atoms with E-state index in [9.17, 15) is 4.79 Å². The molecule has 0 saturated carbocycles. The van der Waals surface area contributed by atoms with Gasteiger partial charge in [0.05, 0.1) is 29.9 Å². The average Bonchev–Trinajstić information content (AvgIpc) is 3.41. The highest BCUT2D eigenvalue weighted by molar-refractivity contribution is 6.31. The van der Waals surface area contributed by atoms with Gasteiger partial charge in [-0.2, -0.15) is 5.10 Å². The molecule has 33 heavy (non-hydrogen) atoms. The molecule has 1 unspecified atom stereocenters. The van der Waals surface area contributed by atoms with Gasteiger partial charge in [0.15, 0.2) is 6.73 Å². The van der Waals surface area contributed by atoms with Crippen LogP contribution in [0.3, 0.4) is 0 Å². The highest BCUT2D eigenvalue weighted by Gasteiger charge is 2.30. The molecule has 9 heteroatoms. The van der Waals surface area contributed by atoms with Crippen molar-refractivity contribution in [2.75, 3.05) is 12.4 Å². The first-order valence-electron chi connectivity index (χ1n) is 10.5. The molecule has 1 aliphatic rings. The van der Waals surface area contributed by atoms with Crippen LogP contribution in [0.4, 0.5) is 5.69 Å². The number of aromatic nitrogens is 2. The lowest BCUT2D eigenvalue weighted by atomic mass is 10.0. The summed E-state index contributed by atoms with van der Waals surface area (Å²) in [5.74, 6) is 1.17. The fourth-order valence-corrected chi connectivity index (χ4v) is 3.64. The van der Waals surface area contributed by atoms with E-state index in [1.54, 1.807) is 17.9 Å². The van der Waals surface area contributed by atoms with Crippen molar-refractivity contribution in [3.05, 3.63) is 70.0 Å². The molecule has 0 radical (unpaired) electrons. The first-order chi connectivity index (χ1) is 15.9. The second-order valence-electron chi connectivity index (χ2n) is 7.78. The minimum absolute atomic E-state index is 0.203. The number of ether oxygens (including phenoxy) is 2. The molecule has 3 aromatic rings. The molecule has 0 spiro atoms. The molecule has 1 aromatic heterocycles. The summed E-state index contributed by atoms with van der Waals surface area (Å²) in [7, 11) is 1.61. The zero-order valence-electron chi connectivity index (χ0n) is 18.9. The molecule has 1 atom stereocenters. The van der Waals surface area contributed by atoms with Gasteiger partial charge in [-0.15, -0.1) is 0 Å². The molecule has 2 aromatic carbocycles. The fourth-order valence-electron chi connectivity index (χ4n) is 3.52. The van der Waals surface area contributed by atoms with Crippen molar-refractivity contribution in [3.8, 4) is 11.5 Å². The van der Waals surface area contributed by atoms with Crippen molar-refractivity contribution >= 4 is 28.9 Å². The molecule has 8 nitrogen and oxygen atoms in total. The monoisotopic (exact) mass is 468 g/mol. The Morgan fingerprint density at radius 2 is 1.91 bits per heavy atom. The average molecular weight is 469 g/mol. The third-order valence-corrected chi connectivity index (χ3v) is 5.92. The van der Waals surface area contributed by atoms with Crippen LogP contribution in [0.15, 0.2) is 47.6 Å². The third kappa shape index (κ3) is 4.96. The molecular formula is C24H25ClN4O4. The number of amides is 1.